The lowest BCUT2D eigenvalue weighted by atomic mass is 10.2. The monoisotopic (exact) mass is 323 g/mol. The quantitative estimate of drug-likeness (QED) is 0.513. The molecule has 0 amide bonds. The number of nitro groups is 1. The number of hydrogen-bond acceptors (Lipinski definition) is 4. The van der Waals surface area contributed by atoms with Crippen molar-refractivity contribution >= 4 is 35.1 Å². The number of hydrogen-bond donors (Lipinski definition) is 1. The zero-order chi connectivity index (χ0) is 15.2. The van der Waals surface area contributed by atoms with Gasteiger partial charge < -0.3 is 5.43 Å². The van der Waals surface area contributed by atoms with Crippen molar-refractivity contribution in [3.05, 3.63) is 73.8 Å². The first-order valence-corrected chi connectivity index (χ1v) is 6.76. The molecule has 0 spiro atoms. The van der Waals surface area contributed by atoms with E-state index in [1.807, 2.05) is 12.1 Å². The van der Waals surface area contributed by atoms with Crippen LogP contribution < -0.4 is 5.43 Å². The third-order valence-electron chi connectivity index (χ3n) is 2.68. The Morgan fingerprint density at radius 2 is 1.90 bits per heavy atom. The molecule has 0 saturated carbocycles. The van der Waals surface area contributed by atoms with Crippen LogP contribution in [0.15, 0.2) is 47.6 Å². The Morgan fingerprint density at radius 3 is 2.57 bits per heavy atom. The fraction of sp³-hybridized carbons (Fsp3) is 0.0714. The van der Waals surface area contributed by atoms with Gasteiger partial charge in [-0.3, -0.25) is 10.1 Å². The van der Waals surface area contributed by atoms with E-state index in [1.54, 1.807) is 12.1 Å². The number of benzene rings is 2. The van der Waals surface area contributed by atoms with Crippen LogP contribution in [0.25, 0.3) is 0 Å². The standard InChI is InChI=1S/C14H11Cl2N3O2/c15-12-3-1-10(2-4-12)8-17-18-9-11-7-13(19(20)21)5-6-14(11)16/h1-7,9,17H,8H2/b18-9-. The Bertz CT molecular complexity index is 672. The van der Waals surface area contributed by atoms with E-state index in [0.717, 1.165) is 5.56 Å². The topological polar surface area (TPSA) is 67.5 Å². The van der Waals surface area contributed by atoms with Gasteiger partial charge in [-0.25, -0.2) is 0 Å². The van der Waals surface area contributed by atoms with Gasteiger partial charge >= 0.3 is 0 Å². The molecule has 2 aromatic carbocycles. The molecule has 0 atom stereocenters. The number of halogens is 2. The van der Waals surface area contributed by atoms with Crippen LogP contribution in [-0.2, 0) is 6.54 Å². The maximum absolute atomic E-state index is 10.7. The molecule has 0 aliphatic heterocycles. The minimum atomic E-state index is -0.477. The molecule has 0 aromatic heterocycles. The predicted octanol–water partition coefficient (Wildman–Crippen LogP) is 4.03. The summed E-state index contributed by atoms with van der Waals surface area (Å²) in [5, 5.41) is 15.8. The second-order valence-electron chi connectivity index (χ2n) is 4.18. The first-order valence-electron chi connectivity index (χ1n) is 6.00. The van der Waals surface area contributed by atoms with Crippen LogP contribution in [0.4, 0.5) is 5.69 Å². The van der Waals surface area contributed by atoms with Gasteiger partial charge in [0.25, 0.3) is 5.69 Å². The smallest absolute Gasteiger partial charge is 0.270 e. The van der Waals surface area contributed by atoms with Crippen molar-refractivity contribution in [2.24, 2.45) is 5.10 Å². The molecule has 0 radical (unpaired) electrons. The molecule has 2 rings (SSSR count). The zero-order valence-corrected chi connectivity index (χ0v) is 12.3. The summed E-state index contributed by atoms with van der Waals surface area (Å²) in [5.41, 5.74) is 4.31. The molecule has 0 bridgehead atoms. The second kappa shape index (κ2) is 7.06. The number of nitrogens with one attached hydrogen (secondary N) is 1. The number of nitro benzene ring substituents is 1. The van der Waals surface area contributed by atoms with Crippen molar-refractivity contribution in [2.75, 3.05) is 0 Å². The molecule has 1 N–H and O–H groups in total. The molecular formula is C14H11Cl2N3O2. The van der Waals surface area contributed by atoms with E-state index < -0.39 is 4.92 Å². The second-order valence-corrected chi connectivity index (χ2v) is 5.03. The molecule has 0 heterocycles. The van der Waals surface area contributed by atoms with E-state index in [0.29, 0.717) is 22.2 Å². The van der Waals surface area contributed by atoms with E-state index in [1.165, 1.54) is 24.4 Å². The lowest BCUT2D eigenvalue weighted by molar-refractivity contribution is -0.384. The summed E-state index contributed by atoms with van der Waals surface area (Å²) in [6, 6.07) is 11.5. The molecule has 2 aromatic rings. The fourth-order valence-electron chi connectivity index (χ4n) is 1.60. The van der Waals surface area contributed by atoms with E-state index in [9.17, 15) is 10.1 Å². The summed E-state index contributed by atoms with van der Waals surface area (Å²) in [6.07, 6.45) is 1.45. The van der Waals surface area contributed by atoms with E-state index in [4.69, 9.17) is 23.2 Å². The minimum Gasteiger partial charge on any atom is -0.306 e. The van der Waals surface area contributed by atoms with Crippen molar-refractivity contribution in [1.82, 2.24) is 5.43 Å². The summed E-state index contributed by atoms with van der Waals surface area (Å²) < 4.78 is 0. The Kier molecular flexibility index (Phi) is 5.14. The Hall–Kier alpha value is -2.11. The van der Waals surface area contributed by atoms with E-state index >= 15 is 0 Å². The van der Waals surface area contributed by atoms with Gasteiger partial charge in [0.1, 0.15) is 0 Å². The summed E-state index contributed by atoms with van der Waals surface area (Å²) in [6.45, 7) is 0.514. The summed E-state index contributed by atoms with van der Waals surface area (Å²) in [5.74, 6) is 0. The van der Waals surface area contributed by atoms with E-state index in [2.05, 4.69) is 10.5 Å². The molecule has 0 aliphatic rings. The van der Waals surface area contributed by atoms with Gasteiger partial charge in [0, 0.05) is 27.7 Å². The van der Waals surface area contributed by atoms with Crippen LogP contribution >= 0.6 is 23.2 Å². The lowest BCUT2D eigenvalue weighted by Crippen LogP contribution is -2.05. The number of non-ortho nitro benzene ring substituents is 1. The van der Waals surface area contributed by atoms with Crippen molar-refractivity contribution < 1.29 is 4.92 Å². The predicted molar refractivity (Wildman–Crippen MR) is 84.0 cm³/mol. The van der Waals surface area contributed by atoms with Gasteiger partial charge in [-0.15, -0.1) is 0 Å². The third kappa shape index (κ3) is 4.44. The highest BCUT2D eigenvalue weighted by atomic mass is 35.5. The molecule has 5 nitrogen and oxygen atoms in total. The fourth-order valence-corrected chi connectivity index (χ4v) is 1.89. The SMILES string of the molecule is O=[N+]([O-])c1ccc(Cl)c(/C=N\NCc2ccc(Cl)cc2)c1. The first kappa shape index (κ1) is 15.3. The van der Waals surface area contributed by atoms with Gasteiger partial charge in [-0.2, -0.15) is 5.10 Å². The molecule has 7 heteroatoms. The number of rotatable bonds is 5. The molecule has 21 heavy (non-hydrogen) atoms. The first-order chi connectivity index (χ1) is 10.1. The van der Waals surface area contributed by atoms with Crippen LogP contribution in [0.1, 0.15) is 11.1 Å². The van der Waals surface area contributed by atoms with Crippen molar-refractivity contribution in [1.29, 1.82) is 0 Å². The van der Waals surface area contributed by atoms with Crippen LogP contribution in [-0.4, -0.2) is 11.1 Å². The molecule has 0 saturated heterocycles. The number of nitrogens with zero attached hydrogens (tertiary/aromatic N) is 2. The van der Waals surface area contributed by atoms with Crippen molar-refractivity contribution in [2.45, 2.75) is 6.54 Å². The molecular weight excluding hydrogens is 313 g/mol. The number of hydrazone groups is 1. The summed E-state index contributed by atoms with van der Waals surface area (Å²) in [7, 11) is 0. The zero-order valence-electron chi connectivity index (χ0n) is 10.8. The lowest BCUT2D eigenvalue weighted by Gasteiger charge is -2.01. The molecule has 0 aliphatic carbocycles. The van der Waals surface area contributed by atoms with Gasteiger partial charge in [0.05, 0.1) is 17.7 Å². The molecule has 0 fully saturated rings. The maximum Gasteiger partial charge on any atom is 0.270 e. The Labute approximate surface area is 131 Å². The maximum atomic E-state index is 10.7. The third-order valence-corrected chi connectivity index (χ3v) is 3.28. The van der Waals surface area contributed by atoms with Gasteiger partial charge in [0.15, 0.2) is 0 Å². The molecule has 0 unspecified atom stereocenters. The Balaban J connectivity index is 1.99. The summed E-state index contributed by atoms with van der Waals surface area (Å²) >= 11 is 11.7. The highest BCUT2D eigenvalue weighted by molar-refractivity contribution is 6.33. The van der Waals surface area contributed by atoms with Crippen LogP contribution in [0.2, 0.25) is 10.0 Å². The largest absolute Gasteiger partial charge is 0.306 e. The minimum absolute atomic E-state index is 0.0291. The van der Waals surface area contributed by atoms with Crippen LogP contribution in [0.5, 0.6) is 0 Å². The summed E-state index contributed by atoms with van der Waals surface area (Å²) in [4.78, 5) is 10.2. The van der Waals surface area contributed by atoms with Crippen molar-refractivity contribution in [3.63, 3.8) is 0 Å². The van der Waals surface area contributed by atoms with Gasteiger partial charge in [-0.05, 0) is 23.8 Å². The van der Waals surface area contributed by atoms with Gasteiger partial charge in [0.2, 0.25) is 0 Å². The van der Waals surface area contributed by atoms with E-state index in [-0.39, 0.29) is 5.69 Å². The Morgan fingerprint density at radius 1 is 1.19 bits per heavy atom. The average molecular weight is 324 g/mol. The molecule has 108 valence electrons. The highest BCUT2D eigenvalue weighted by Crippen LogP contribution is 2.20. The average Bonchev–Trinajstić information content (AvgIpc) is 2.47. The van der Waals surface area contributed by atoms with Crippen LogP contribution in [0.3, 0.4) is 0 Å². The highest BCUT2D eigenvalue weighted by Gasteiger charge is 2.07. The van der Waals surface area contributed by atoms with Crippen LogP contribution in [0, 0.1) is 10.1 Å². The normalized spacial score (nSPS) is 10.8. The van der Waals surface area contributed by atoms with Crippen molar-refractivity contribution in [3.8, 4) is 0 Å². The van der Waals surface area contributed by atoms with Gasteiger partial charge in [-0.1, -0.05) is 35.3 Å².